The SMILES string of the molecule is O=C(Nc1ccccc1-n1ccnc1)c1csc(Br)c1. The molecule has 1 N–H and O–H groups in total. The van der Waals surface area contributed by atoms with Crippen molar-refractivity contribution in [3.63, 3.8) is 0 Å². The van der Waals surface area contributed by atoms with Crippen LogP contribution in [0.5, 0.6) is 0 Å². The summed E-state index contributed by atoms with van der Waals surface area (Å²) in [6, 6.07) is 9.42. The molecule has 0 spiro atoms. The zero-order chi connectivity index (χ0) is 13.9. The van der Waals surface area contributed by atoms with Gasteiger partial charge in [0.15, 0.2) is 0 Å². The standard InChI is InChI=1S/C14H10BrN3OS/c15-13-7-10(8-20-13)14(19)17-11-3-1-2-4-12(11)18-6-5-16-9-18/h1-9H,(H,17,19). The van der Waals surface area contributed by atoms with Crippen molar-refractivity contribution in [1.29, 1.82) is 0 Å². The summed E-state index contributed by atoms with van der Waals surface area (Å²) < 4.78 is 2.80. The van der Waals surface area contributed by atoms with Gasteiger partial charge in [-0.2, -0.15) is 0 Å². The van der Waals surface area contributed by atoms with Gasteiger partial charge in [0.1, 0.15) is 0 Å². The summed E-state index contributed by atoms with van der Waals surface area (Å²) in [4.78, 5) is 16.2. The van der Waals surface area contributed by atoms with E-state index >= 15 is 0 Å². The zero-order valence-corrected chi connectivity index (χ0v) is 12.7. The number of hydrogen-bond donors (Lipinski definition) is 1. The highest BCUT2D eigenvalue weighted by atomic mass is 79.9. The average molecular weight is 348 g/mol. The molecule has 6 heteroatoms. The van der Waals surface area contributed by atoms with Crippen LogP contribution in [0.1, 0.15) is 10.4 Å². The zero-order valence-electron chi connectivity index (χ0n) is 10.3. The van der Waals surface area contributed by atoms with E-state index < -0.39 is 0 Å². The second-order valence-corrected chi connectivity index (χ2v) is 6.37. The van der Waals surface area contributed by atoms with Crippen LogP contribution in [0.3, 0.4) is 0 Å². The van der Waals surface area contributed by atoms with Gasteiger partial charge in [-0.3, -0.25) is 4.79 Å². The molecule has 0 saturated heterocycles. The number of amides is 1. The number of carbonyl (C=O) groups excluding carboxylic acids is 1. The van der Waals surface area contributed by atoms with Crippen LogP contribution in [-0.2, 0) is 0 Å². The number of aromatic nitrogens is 2. The number of para-hydroxylation sites is 2. The van der Waals surface area contributed by atoms with Crippen LogP contribution >= 0.6 is 27.3 Å². The van der Waals surface area contributed by atoms with Gasteiger partial charge in [-0.1, -0.05) is 12.1 Å². The minimum absolute atomic E-state index is 0.125. The maximum Gasteiger partial charge on any atom is 0.256 e. The Morgan fingerprint density at radius 2 is 2.20 bits per heavy atom. The summed E-state index contributed by atoms with van der Waals surface area (Å²) in [5.41, 5.74) is 2.27. The predicted octanol–water partition coefficient (Wildman–Crippen LogP) is 3.95. The summed E-state index contributed by atoms with van der Waals surface area (Å²) in [6.45, 7) is 0. The van der Waals surface area contributed by atoms with Crippen molar-refractivity contribution in [3.05, 3.63) is 63.8 Å². The molecule has 1 amide bonds. The van der Waals surface area contributed by atoms with Crippen LogP contribution in [0.2, 0.25) is 0 Å². The van der Waals surface area contributed by atoms with Crippen molar-refractivity contribution in [2.24, 2.45) is 0 Å². The van der Waals surface area contributed by atoms with Crippen molar-refractivity contribution in [2.75, 3.05) is 5.32 Å². The third-order valence-electron chi connectivity index (χ3n) is 2.76. The third-order valence-corrected chi connectivity index (χ3v) is 4.27. The summed E-state index contributed by atoms with van der Waals surface area (Å²) >= 11 is 4.84. The molecular weight excluding hydrogens is 338 g/mol. The fourth-order valence-electron chi connectivity index (χ4n) is 1.83. The number of rotatable bonds is 3. The number of imidazole rings is 1. The predicted molar refractivity (Wildman–Crippen MR) is 83.5 cm³/mol. The molecule has 3 rings (SSSR count). The lowest BCUT2D eigenvalue weighted by atomic mass is 10.2. The monoisotopic (exact) mass is 347 g/mol. The van der Waals surface area contributed by atoms with E-state index in [0.29, 0.717) is 5.56 Å². The Bertz CT molecular complexity index is 736. The number of hydrogen-bond acceptors (Lipinski definition) is 3. The van der Waals surface area contributed by atoms with Gasteiger partial charge in [-0.15, -0.1) is 11.3 Å². The van der Waals surface area contributed by atoms with E-state index in [4.69, 9.17) is 0 Å². The van der Waals surface area contributed by atoms with E-state index in [1.165, 1.54) is 11.3 Å². The lowest BCUT2D eigenvalue weighted by molar-refractivity contribution is 0.102. The Morgan fingerprint density at radius 3 is 2.90 bits per heavy atom. The largest absolute Gasteiger partial charge is 0.320 e. The number of anilines is 1. The average Bonchev–Trinajstić information content (AvgIpc) is 3.10. The first-order chi connectivity index (χ1) is 9.74. The minimum atomic E-state index is -0.125. The van der Waals surface area contributed by atoms with E-state index in [1.807, 2.05) is 40.4 Å². The van der Waals surface area contributed by atoms with Crippen LogP contribution in [0.4, 0.5) is 5.69 Å². The highest BCUT2D eigenvalue weighted by molar-refractivity contribution is 9.11. The Labute approximate surface area is 128 Å². The first-order valence-corrected chi connectivity index (χ1v) is 7.54. The van der Waals surface area contributed by atoms with Gasteiger partial charge in [0.05, 0.1) is 27.1 Å². The van der Waals surface area contributed by atoms with Crippen LogP contribution in [0, 0.1) is 0 Å². The number of thiophene rings is 1. The van der Waals surface area contributed by atoms with Crippen molar-refractivity contribution in [1.82, 2.24) is 9.55 Å². The molecule has 3 aromatic rings. The highest BCUT2D eigenvalue weighted by Crippen LogP contribution is 2.23. The molecule has 2 heterocycles. The molecule has 0 aliphatic rings. The first kappa shape index (κ1) is 13.1. The molecule has 0 atom stereocenters. The molecule has 0 aliphatic heterocycles. The number of nitrogens with one attached hydrogen (secondary N) is 1. The van der Waals surface area contributed by atoms with Crippen molar-refractivity contribution in [3.8, 4) is 5.69 Å². The first-order valence-electron chi connectivity index (χ1n) is 5.87. The van der Waals surface area contributed by atoms with Crippen LogP contribution < -0.4 is 5.32 Å². The maximum atomic E-state index is 12.2. The van der Waals surface area contributed by atoms with E-state index in [-0.39, 0.29) is 5.91 Å². The number of carbonyl (C=O) groups is 1. The molecular formula is C14H10BrN3OS. The fraction of sp³-hybridized carbons (Fsp3) is 0. The molecule has 0 radical (unpaired) electrons. The summed E-state index contributed by atoms with van der Waals surface area (Å²) in [7, 11) is 0. The van der Waals surface area contributed by atoms with Gasteiger partial charge < -0.3 is 9.88 Å². The molecule has 0 bridgehead atoms. The number of benzene rings is 1. The Balaban J connectivity index is 1.90. The third kappa shape index (κ3) is 2.66. The molecule has 0 saturated carbocycles. The minimum Gasteiger partial charge on any atom is -0.320 e. The lowest BCUT2D eigenvalue weighted by Crippen LogP contribution is -2.12. The molecule has 20 heavy (non-hydrogen) atoms. The molecule has 100 valence electrons. The van der Waals surface area contributed by atoms with Crippen LogP contribution in [0.15, 0.2) is 58.2 Å². The molecule has 0 aliphatic carbocycles. The maximum absolute atomic E-state index is 12.2. The van der Waals surface area contributed by atoms with E-state index in [9.17, 15) is 4.79 Å². The highest BCUT2D eigenvalue weighted by Gasteiger charge is 2.11. The normalized spacial score (nSPS) is 10.4. The van der Waals surface area contributed by atoms with Crippen LogP contribution in [-0.4, -0.2) is 15.5 Å². The molecule has 0 fully saturated rings. The quantitative estimate of drug-likeness (QED) is 0.779. The van der Waals surface area contributed by atoms with Crippen molar-refractivity contribution < 1.29 is 4.79 Å². The summed E-state index contributed by atoms with van der Waals surface area (Å²) in [6.07, 6.45) is 5.24. The van der Waals surface area contributed by atoms with Gasteiger partial charge in [0.25, 0.3) is 5.91 Å². The topological polar surface area (TPSA) is 46.9 Å². The summed E-state index contributed by atoms with van der Waals surface area (Å²) in [5.74, 6) is -0.125. The Kier molecular flexibility index (Phi) is 3.66. The second-order valence-electron chi connectivity index (χ2n) is 4.08. The smallest absolute Gasteiger partial charge is 0.256 e. The number of halogens is 1. The van der Waals surface area contributed by atoms with Gasteiger partial charge >= 0.3 is 0 Å². The van der Waals surface area contributed by atoms with E-state index in [1.54, 1.807) is 18.6 Å². The van der Waals surface area contributed by atoms with Crippen LogP contribution in [0.25, 0.3) is 5.69 Å². The Morgan fingerprint density at radius 1 is 1.35 bits per heavy atom. The second kappa shape index (κ2) is 5.60. The van der Waals surface area contributed by atoms with E-state index in [2.05, 4.69) is 26.2 Å². The van der Waals surface area contributed by atoms with Gasteiger partial charge in [0, 0.05) is 17.8 Å². The van der Waals surface area contributed by atoms with E-state index in [0.717, 1.165) is 15.2 Å². The number of nitrogens with zero attached hydrogens (tertiary/aromatic N) is 2. The Hall–Kier alpha value is -1.92. The van der Waals surface area contributed by atoms with Crippen molar-refractivity contribution >= 4 is 38.9 Å². The lowest BCUT2D eigenvalue weighted by Gasteiger charge is -2.10. The van der Waals surface area contributed by atoms with Crippen molar-refractivity contribution in [2.45, 2.75) is 0 Å². The van der Waals surface area contributed by atoms with Gasteiger partial charge in [-0.05, 0) is 34.1 Å². The molecule has 2 aromatic heterocycles. The molecule has 0 unspecified atom stereocenters. The van der Waals surface area contributed by atoms with Gasteiger partial charge in [-0.25, -0.2) is 4.98 Å². The molecule has 1 aromatic carbocycles. The fourth-order valence-corrected chi connectivity index (χ4v) is 2.97. The van der Waals surface area contributed by atoms with Gasteiger partial charge in [0.2, 0.25) is 0 Å². The molecule has 4 nitrogen and oxygen atoms in total. The summed E-state index contributed by atoms with van der Waals surface area (Å²) in [5, 5.41) is 4.75.